The summed E-state index contributed by atoms with van der Waals surface area (Å²) >= 11 is 0. The molecule has 0 saturated carbocycles. The molecule has 0 spiro atoms. The van der Waals surface area contributed by atoms with Gasteiger partial charge in [-0.15, -0.1) is 0 Å². The Kier molecular flexibility index (Phi) is 7.96. The molecule has 0 N–H and O–H groups in total. The maximum atomic E-state index is 12.5. The second-order valence-corrected chi connectivity index (χ2v) is 7.43. The molecule has 0 amide bonds. The smallest absolute Gasteiger partial charge is 0.311 e. The number of rotatable bonds is 10. The van der Waals surface area contributed by atoms with Crippen molar-refractivity contribution in [2.75, 3.05) is 0 Å². The van der Waals surface area contributed by atoms with Gasteiger partial charge in [0.1, 0.15) is 5.75 Å². The molecule has 30 heavy (non-hydrogen) atoms. The van der Waals surface area contributed by atoms with Crippen LogP contribution in [0, 0.1) is 0 Å². The standard InChI is InChI=1S/C27H28O3/c1-2-3-4-5-6-14-27(29)30-24-18-15-23(16-19-24)26(28)20-17-22-12-9-11-21-10-7-8-13-25(21)22/h7-13,15-20H,2-6,14H2,1H3/b20-17-. The summed E-state index contributed by atoms with van der Waals surface area (Å²) in [7, 11) is 0. The SMILES string of the molecule is CCCCCCCC(=O)Oc1ccc(C(=O)/C=C\c2cccc3ccccc23)cc1. The molecule has 0 fully saturated rings. The molecule has 154 valence electrons. The number of ketones is 1. The molecular formula is C27H28O3. The van der Waals surface area contributed by atoms with E-state index in [9.17, 15) is 9.59 Å². The summed E-state index contributed by atoms with van der Waals surface area (Å²) in [6, 6.07) is 20.9. The molecule has 3 rings (SSSR count). The minimum atomic E-state index is -0.221. The fourth-order valence-electron chi connectivity index (χ4n) is 3.40. The van der Waals surface area contributed by atoms with Crippen molar-refractivity contribution in [1.82, 2.24) is 0 Å². The zero-order chi connectivity index (χ0) is 21.2. The first-order valence-corrected chi connectivity index (χ1v) is 10.7. The zero-order valence-corrected chi connectivity index (χ0v) is 17.5. The van der Waals surface area contributed by atoms with Gasteiger partial charge in [0.15, 0.2) is 5.78 Å². The Hall–Kier alpha value is -3.20. The van der Waals surface area contributed by atoms with Gasteiger partial charge in [-0.2, -0.15) is 0 Å². The third-order valence-corrected chi connectivity index (χ3v) is 5.09. The predicted octanol–water partition coefficient (Wildman–Crippen LogP) is 7.00. The maximum absolute atomic E-state index is 12.5. The fraction of sp³-hybridized carbons (Fsp3) is 0.259. The van der Waals surface area contributed by atoms with E-state index >= 15 is 0 Å². The quantitative estimate of drug-likeness (QED) is 0.121. The van der Waals surface area contributed by atoms with Crippen molar-refractivity contribution in [2.45, 2.75) is 45.4 Å². The normalized spacial score (nSPS) is 11.1. The molecule has 3 aromatic rings. The number of unbranched alkanes of at least 4 members (excludes halogenated alkanes) is 4. The number of benzene rings is 3. The van der Waals surface area contributed by atoms with Gasteiger partial charge in [-0.25, -0.2) is 0 Å². The molecule has 0 heterocycles. The molecule has 3 aromatic carbocycles. The van der Waals surface area contributed by atoms with Gasteiger partial charge in [0, 0.05) is 12.0 Å². The van der Waals surface area contributed by atoms with Crippen molar-refractivity contribution >= 4 is 28.6 Å². The lowest BCUT2D eigenvalue weighted by molar-refractivity contribution is -0.134. The number of allylic oxidation sites excluding steroid dienone is 1. The number of carbonyl (C=O) groups is 2. The van der Waals surface area contributed by atoms with E-state index in [0.29, 0.717) is 17.7 Å². The van der Waals surface area contributed by atoms with Gasteiger partial charge >= 0.3 is 5.97 Å². The number of esters is 1. The summed E-state index contributed by atoms with van der Waals surface area (Å²) in [5.41, 5.74) is 1.57. The molecule has 0 aromatic heterocycles. The number of hydrogen-bond acceptors (Lipinski definition) is 3. The summed E-state index contributed by atoms with van der Waals surface area (Å²) in [4.78, 5) is 24.5. The summed E-state index contributed by atoms with van der Waals surface area (Å²) in [5, 5.41) is 2.25. The zero-order valence-electron chi connectivity index (χ0n) is 17.5. The molecular weight excluding hydrogens is 372 g/mol. The first-order chi connectivity index (χ1) is 14.7. The molecule has 0 saturated heterocycles. The van der Waals surface area contributed by atoms with Gasteiger partial charge in [0.2, 0.25) is 0 Å². The average Bonchev–Trinajstić information content (AvgIpc) is 2.78. The largest absolute Gasteiger partial charge is 0.427 e. The molecule has 3 heteroatoms. The van der Waals surface area contributed by atoms with E-state index in [1.54, 1.807) is 30.3 Å². The van der Waals surface area contributed by atoms with Gasteiger partial charge in [-0.1, -0.05) is 81.1 Å². The van der Waals surface area contributed by atoms with E-state index in [2.05, 4.69) is 19.1 Å². The van der Waals surface area contributed by atoms with E-state index in [0.717, 1.165) is 35.6 Å². The highest BCUT2D eigenvalue weighted by molar-refractivity contribution is 6.07. The predicted molar refractivity (Wildman–Crippen MR) is 123 cm³/mol. The molecule has 0 bridgehead atoms. The molecule has 0 aliphatic heterocycles. The van der Waals surface area contributed by atoms with E-state index in [1.165, 1.54) is 12.8 Å². The van der Waals surface area contributed by atoms with Gasteiger partial charge in [-0.05, 0) is 53.1 Å². The Labute approximate surface area is 178 Å². The first kappa shape index (κ1) is 21.5. The number of ether oxygens (including phenoxy) is 1. The van der Waals surface area contributed by atoms with Crippen molar-refractivity contribution in [3.05, 3.63) is 83.9 Å². The highest BCUT2D eigenvalue weighted by Crippen LogP contribution is 2.20. The third kappa shape index (κ3) is 6.15. The van der Waals surface area contributed by atoms with Gasteiger partial charge in [0.25, 0.3) is 0 Å². The van der Waals surface area contributed by atoms with E-state index in [4.69, 9.17) is 4.74 Å². The Morgan fingerprint density at radius 1 is 0.833 bits per heavy atom. The number of carbonyl (C=O) groups excluding carboxylic acids is 2. The average molecular weight is 401 g/mol. The van der Waals surface area contributed by atoms with Crippen molar-refractivity contribution < 1.29 is 14.3 Å². The van der Waals surface area contributed by atoms with Crippen LogP contribution in [0.5, 0.6) is 5.75 Å². The highest BCUT2D eigenvalue weighted by atomic mass is 16.5. The summed E-state index contributed by atoms with van der Waals surface area (Å²) in [5.74, 6) is 0.168. The highest BCUT2D eigenvalue weighted by Gasteiger charge is 2.07. The summed E-state index contributed by atoms with van der Waals surface area (Å²) in [6.45, 7) is 2.17. The van der Waals surface area contributed by atoms with Crippen LogP contribution in [-0.2, 0) is 4.79 Å². The van der Waals surface area contributed by atoms with Gasteiger partial charge in [0.05, 0.1) is 0 Å². The van der Waals surface area contributed by atoms with Crippen LogP contribution < -0.4 is 4.74 Å². The van der Waals surface area contributed by atoms with Crippen LogP contribution in [0.4, 0.5) is 0 Å². The van der Waals surface area contributed by atoms with E-state index in [1.807, 2.05) is 36.4 Å². The second kappa shape index (κ2) is 11.1. The van der Waals surface area contributed by atoms with Gasteiger partial charge in [-0.3, -0.25) is 9.59 Å². The Balaban J connectivity index is 1.56. The van der Waals surface area contributed by atoms with Crippen LogP contribution in [0.15, 0.2) is 72.8 Å². The summed E-state index contributed by atoms with van der Waals surface area (Å²) < 4.78 is 5.36. The van der Waals surface area contributed by atoms with Crippen LogP contribution in [0.3, 0.4) is 0 Å². The molecule has 0 atom stereocenters. The molecule has 0 radical (unpaired) electrons. The molecule has 0 aliphatic rings. The lowest BCUT2D eigenvalue weighted by Gasteiger charge is -2.05. The Morgan fingerprint density at radius 2 is 1.57 bits per heavy atom. The minimum absolute atomic E-state index is 0.0864. The lowest BCUT2D eigenvalue weighted by Crippen LogP contribution is -2.07. The summed E-state index contributed by atoms with van der Waals surface area (Å²) in [6.07, 6.45) is 9.32. The monoisotopic (exact) mass is 400 g/mol. The fourth-order valence-corrected chi connectivity index (χ4v) is 3.40. The Bertz CT molecular complexity index is 1010. The van der Waals surface area contributed by atoms with Crippen molar-refractivity contribution in [1.29, 1.82) is 0 Å². The van der Waals surface area contributed by atoms with Crippen LogP contribution in [-0.4, -0.2) is 11.8 Å². The number of hydrogen-bond donors (Lipinski definition) is 0. The van der Waals surface area contributed by atoms with Crippen LogP contribution in [0.1, 0.15) is 61.4 Å². The second-order valence-electron chi connectivity index (χ2n) is 7.43. The van der Waals surface area contributed by atoms with Crippen LogP contribution >= 0.6 is 0 Å². The number of fused-ring (bicyclic) bond motifs is 1. The maximum Gasteiger partial charge on any atom is 0.311 e. The molecule has 3 nitrogen and oxygen atoms in total. The van der Waals surface area contributed by atoms with E-state index in [-0.39, 0.29) is 11.8 Å². The van der Waals surface area contributed by atoms with Crippen molar-refractivity contribution in [3.63, 3.8) is 0 Å². The molecule has 0 unspecified atom stereocenters. The molecule has 0 aliphatic carbocycles. The first-order valence-electron chi connectivity index (χ1n) is 10.7. The van der Waals surface area contributed by atoms with Crippen molar-refractivity contribution in [2.24, 2.45) is 0 Å². The topological polar surface area (TPSA) is 43.4 Å². The Morgan fingerprint density at radius 3 is 2.37 bits per heavy atom. The third-order valence-electron chi connectivity index (χ3n) is 5.09. The lowest BCUT2D eigenvalue weighted by atomic mass is 10.0. The van der Waals surface area contributed by atoms with Crippen molar-refractivity contribution in [3.8, 4) is 5.75 Å². The van der Waals surface area contributed by atoms with E-state index < -0.39 is 0 Å². The van der Waals surface area contributed by atoms with Crippen LogP contribution in [0.2, 0.25) is 0 Å². The van der Waals surface area contributed by atoms with Gasteiger partial charge < -0.3 is 4.74 Å². The minimum Gasteiger partial charge on any atom is -0.427 e. The van der Waals surface area contributed by atoms with Crippen LogP contribution in [0.25, 0.3) is 16.8 Å².